The number of hydrogen-bond acceptors (Lipinski definition) is 3. The molecule has 2 aromatic rings. The second kappa shape index (κ2) is 6.30. The molecule has 1 aromatic heterocycles. The van der Waals surface area contributed by atoms with Crippen molar-refractivity contribution in [1.29, 1.82) is 0 Å². The first-order valence-corrected chi connectivity index (χ1v) is 6.65. The molecule has 0 radical (unpaired) electrons. The van der Waals surface area contributed by atoms with E-state index in [4.69, 9.17) is 5.73 Å². The van der Waals surface area contributed by atoms with Crippen LogP contribution in [0.25, 0.3) is 0 Å². The van der Waals surface area contributed by atoms with Crippen molar-refractivity contribution in [1.82, 2.24) is 4.98 Å². The predicted molar refractivity (Wildman–Crippen MR) is 80.9 cm³/mol. The lowest BCUT2D eigenvalue weighted by Crippen LogP contribution is -2.13. The van der Waals surface area contributed by atoms with Gasteiger partial charge in [-0.05, 0) is 56.6 Å². The first-order chi connectivity index (χ1) is 9.60. The van der Waals surface area contributed by atoms with Gasteiger partial charge in [0.25, 0.3) is 5.91 Å². The number of benzene rings is 1. The van der Waals surface area contributed by atoms with E-state index in [2.05, 4.69) is 10.3 Å². The average Bonchev–Trinajstić information content (AvgIpc) is 2.43. The van der Waals surface area contributed by atoms with Crippen molar-refractivity contribution in [3.8, 4) is 0 Å². The zero-order valence-electron chi connectivity index (χ0n) is 11.8. The van der Waals surface area contributed by atoms with Crippen LogP contribution in [0.1, 0.15) is 27.3 Å². The molecule has 20 heavy (non-hydrogen) atoms. The van der Waals surface area contributed by atoms with Gasteiger partial charge in [0.05, 0.1) is 11.4 Å². The third-order valence-electron chi connectivity index (χ3n) is 3.12. The van der Waals surface area contributed by atoms with Crippen molar-refractivity contribution < 1.29 is 4.79 Å². The molecular formula is C16H19N3O. The number of amides is 1. The third-order valence-corrected chi connectivity index (χ3v) is 3.12. The lowest BCUT2D eigenvalue weighted by molar-refractivity contribution is 0.102. The molecule has 2 rings (SSSR count). The maximum Gasteiger partial charge on any atom is 0.255 e. The number of carbonyl (C=O) groups excluding carboxylic acids is 1. The van der Waals surface area contributed by atoms with Crippen molar-refractivity contribution in [3.05, 3.63) is 58.9 Å². The van der Waals surface area contributed by atoms with E-state index in [1.807, 2.05) is 50.2 Å². The molecule has 1 aromatic carbocycles. The van der Waals surface area contributed by atoms with Crippen LogP contribution in [-0.4, -0.2) is 17.4 Å². The van der Waals surface area contributed by atoms with Gasteiger partial charge in [-0.25, -0.2) is 0 Å². The molecule has 3 N–H and O–H groups in total. The van der Waals surface area contributed by atoms with Gasteiger partial charge in [0.15, 0.2) is 0 Å². The van der Waals surface area contributed by atoms with E-state index < -0.39 is 0 Å². The monoisotopic (exact) mass is 269 g/mol. The summed E-state index contributed by atoms with van der Waals surface area (Å²) in [6.45, 7) is 4.42. The van der Waals surface area contributed by atoms with Gasteiger partial charge in [0, 0.05) is 11.3 Å². The minimum Gasteiger partial charge on any atom is -0.330 e. The van der Waals surface area contributed by atoms with Gasteiger partial charge in [0.2, 0.25) is 0 Å². The maximum absolute atomic E-state index is 12.2. The standard InChI is InChI=1S/C16H19N3O/c1-11-3-8-15(12(2)18-11)19-16(20)14-6-4-13(5-7-14)9-10-17/h3-8H,9-10,17H2,1-2H3,(H,19,20). The highest BCUT2D eigenvalue weighted by molar-refractivity contribution is 6.04. The number of pyridine rings is 1. The van der Waals surface area contributed by atoms with Crippen LogP contribution in [0.2, 0.25) is 0 Å². The van der Waals surface area contributed by atoms with E-state index in [1.165, 1.54) is 0 Å². The van der Waals surface area contributed by atoms with E-state index in [-0.39, 0.29) is 5.91 Å². The molecule has 0 fully saturated rings. The lowest BCUT2D eigenvalue weighted by Gasteiger charge is -2.09. The number of carbonyl (C=O) groups is 1. The summed E-state index contributed by atoms with van der Waals surface area (Å²) in [6, 6.07) is 11.3. The molecule has 1 heterocycles. The minimum atomic E-state index is -0.127. The fraction of sp³-hybridized carbons (Fsp3) is 0.250. The second-order valence-corrected chi connectivity index (χ2v) is 4.78. The number of anilines is 1. The summed E-state index contributed by atoms with van der Waals surface area (Å²) in [5, 5.41) is 2.88. The molecule has 0 unspecified atom stereocenters. The van der Waals surface area contributed by atoms with Crippen molar-refractivity contribution in [2.75, 3.05) is 11.9 Å². The lowest BCUT2D eigenvalue weighted by atomic mass is 10.1. The molecule has 0 saturated heterocycles. The number of nitrogens with zero attached hydrogens (tertiary/aromatic N) is 1. The number of hydrogen-bond donors (Lipinski definition) is 2. The van der Waals surface area contributed by atoms with Gasteiger partial charge in [0.1, 0.15) is 0 Å². The van der Waals surface area contributed by atoms with Crippen molar-refractivity contribution in [2.45, 2.75) is 20.3 Å². The smallest absolute Gasteiger partial charge is 0.255 e. The Kier molecular flexibility index (Phi) is 4.48. The summed E-state index contributed by atoms with van der Waals surface area (Å²) in [5.41, 5.74) is 9.77. The summed E-state index contributed by atoms with van der Waals surface area (Å²) in [4.78, 5) is 16.5. The third kappa shape index (κ3) is 3.42. The van der Waals surface area contributed by atoms with E-state index >= 15 is 0 Å². The molecule has 0 aliphatic carbocycles. The minimum absolute atomic E-state index is 0.127. The Morgan fingerprint density at radius 3 is 2.45 bits per heavy atom. The predicted octanol–water partition coefficient (Wildman–Crippen LogP) is 2.45. The van der Waals surface area contributed by atoms with Crippen LogP contribution in [-0.2, 0) is 6.42 Å². The first kappa shape index (κ1) is 14.2. The van der Waals surface area contributed by atoms with Gasteiger partial charge in [-0.2, -0.15) is 0 Å². The van der Waals surface area contributed by atoms with Gasteiger partial charge in [-0.3, -0.25) is 9.78 Å². The highest BCUT2D eigenvalue weighted by Gasteiger charge is 2.08. The highest BCUT2D eigenvalue weighted by Crippen LogP contribution is 2.14. The van der Waals surface area contributed by atoms with Crippen LogP contribution in [0, 0.1) is 13.8 Å². The SMILES string of the molecule is Cc1ccc(NC(=O)c2ccc(CCN)cc2)c(C)n1. The zero-order valence-corrected chi connectivity index (χ0v) is 11.8. The number of aryl methyl sites for hydroxylation is 2. The molecule has 4 heteroatoms. The highest BCUT2D eigenvalue weighted by atomic mass is 16.1. The summed E-state index contributed by atoms with van der Waals surface area (Å²) in [7, 11) is 0. The molecule has 104 valence electrons. The Hall–Kier alpha value is -2.20. The molecule has 0 bridgehead atoms. The Bertz CT molecular complexity index is 606. The second-order valence-electron chi connectivity index (χ2n) is 4.78. The molecule has 1 amide bonds. The summed E-state index contributed by atoms with van der Waals surface area (Å²) >= 11 is 0. The Labute approximate surface area is 119 Å². The van der Waals surface area contributed by atoms with Crippen molar-refractivity contribution >= 4 is 11.6 Å². The fourth-order valence-corrected chi connectivity index (χ4v) is 2.00. The molecule has 0 atom stereocenters. The molecule has 0 spiro atoms. The van der Waals surface area contributed by atoms with Gasteiger partial charge < -0.3 is 11.1 Å². The number of rotatable bonds is 4. The number of aromatic nitrogens is 1. The molecule has 4 nitrogen and oxygen atoms in total. The van der Waals surface area contributed by atoms with Crippen LogP contribution in [0.3, 0.4) is 0 Å². The average molecular weight is 269 g/mol. The Morgan fingerprint density at radius 1 is 1.15 bits per heavy atom. The molecule has 0 saturated carbocycles. The van der Waals surface area contributed by atoms with E-state index in [1.54, 1.807) is 0 Å². The van der Waals surface area contributed by atoms with Crippen LogP contribution < -0.4 is 11.1 Å². The maximum atomic E-state index is 12.2. The van der Waals surface area contributed by atoms with E-state index in [0.29, 0.717) is 12.1 Å². The van der Waals surface area contributed by atoms with Crippen LogP contribution >= 0.6 is 0 Å². The molecular weight excluding hydrogens is 250 g/mol. The van der Waals surface area contributed by atoms with Crippen molar-refractivity contribution in [2.24, 2.45) is 5.73 Å². The summed E-state index contributed by atoms with van der Waals surface area (Å²) in [6.07, 6.45) is 0.822. The topological polar surface area (TPSA) is 68.0 Å². The summed E-state index contributed by atoms with van der Waals surface area (Å²) in [5.74, 6) is -0.127. The van der Waals surface area contributed by atoms with E-state index in [9.17, 15) is 4.79 Å². The fourth-order valence-electron chi connectivity index (χ4n) is 2.00. The van der Waals surface area contributed by atoms with Crippen LogP contribution in [0.5, 0.6) is 0 Å². The normalized spacial score (nSPS) is 10.3. The van der Waals surface area contributed by atoms with Crippen molar-refractivity contribution in [3.63, 3.8) is 0 Å². The van der Waals surface area contributed by atoms with Gasteiger partial charge in [-0.1, -0.05) is 12.1 Å². The van der Waals surface area contributed by atoms with Crippen LogP contribution in [0.15, 0.2) is 36.4 Å². The van der Waals surface area contributed by atoms with E-state index in [0.717, 1.165) is 29.1 Å². The Balaban J connectivity index is 2.11. The quantitative estimate of drug-likeness (QED) is 0.895. The molecule has 0 aliphatic rings. The largest absolute Gasteiger partial charge is 0.330 e. The van der Waals surface area contributed by atoms with Gasteiger partial charge in [-0.15, -0.1) is 0 Å². The number of nitrogens with one attached hydrogen (secondary N) is 1. The van der Waals surface area contributed by atoms with Crippen LogP contribution in [0.4, 0.5) is 5.69 Å². The van der Waals surface area contributed by atoms with Gasteiger partial charge >= 0.3 is 0 Å². The molecule has 0 aliphatic heterocycles. The first-order valence-electron chi connectivity index (χ1n) is 6.65. The number of nitrogens with two attached hydrogens (primary N) is 1. The zero-order chi connectivity index (χ0) is 14.5. The summed E-state index contributed by atoms with van der Waals surface area (Å²) < 4.78 is 0. The Morgan fingerprint density at radius 2 is 1.85 bits per heavy atom.